The zero-order valence-electron chi connectivity index (χ0n) is 14.9. The summed E-state index contributed by atoms with van der Waals surface area (Å²) in [5.41, 5.74) is 3.11. The maximum absolute atomic E-state index is 12.6. The number of benzene rings is 2. The Kier molecular flexibility index (Phi) is 5.85. The third-order valence-electron chi connectivity index (χ3n) is 4.11. The Bertz CT molecular complexity index is 875. The van der Waals surface area contributed by atoms with Gasteiger partial charge in [-0.15, -0.1) is 0 Å². The van der Waals surface area contributed by atoms with Crippen LogP contribution < -0.4 is 10.1 Å². The number of hydrogen-bond acceptors (Lipinski definition) is 4. The fraction of sp³-hybridized carbons (Fsp3) is 0.316. The van der Waals surface area contributed by atoms with Crippen molar-refractivity contribution < 1.29 is 17.9 Å². The second kappa shape index (κ2) is 7.70. The number of aryl methyl sites for hydroxylation is 2. The van der Waals surface area contributed by atoms with Gasteiger partial charge in [0.05, 0.1) is 12.9 Å². The summed E-state index contributed by atoms with van der Waals surface area (Å²) in [6, 6.07) is 12.5. The van der Waals surface area contributed by atoms with Crippen LogP contribution in [0.25, 0.3) is 0 Å². The molecule has 0 radical (unpaired) electrons. The Morgan fingerprint density at radius 1 is 1.16 bits per heavy atom. The quantitative estimate of drug-likeness (QED) is 0.857. The van der Waals surface area contributed by atoms with E-state index in [0.717, 1.165) is 16.7 Å². The van der Waals surface area contributed by atoms with Gasteiger partial charge < -0.3 is 10.1 Å². The SMILES string of the molecule is COc1cccc(NC(=O)[C@H](C)S(=O)(=O)Cc2cc(C)ccc2C)c1. The van der Waals surface area contributed by atoms with E-state index < -0.39 is 21.0 Å². The van der Waals surface area contributed by atoms with Crippen LogP contribution in [0.3, 0.4) is 0 Å². The molecule has 0 bridgehead atoms. The number of carbonyl (C=O) groups is 1. The van der Waals surface area contributed by atoms with E-state index in [1.54, 1.807) is 24.3 Å². The first-order valence-corrected chi connectivity index (χ1v) is 9.67. The number of hydrogen-bond donors (Lipinski definition) is 1. The van der Waals surface area contributed by atoms with Crippen molar-refractivity contribution in [1.29, 1.82) is 0 Å². The highest BCUT2D eigenvalue weighted by Gasteiger charge is 2.28. The monoisotopic (exact) mass is 361 g/mol. The predicted octanol–water partition coefficient (Wildman–Crippen LogP) is 3.25. The van der Waals surface area contributed by atoms with Crippen molar-refractivity contribution in [2.75, 3.05) is 12.4 Å². The van der Waals surface area contributed by atoms with Crippen LogP contribution >= 0.6 is 0 Å². The van der Waals surface area contributed by atoms with Crippen LogP contribution in [0, 0.1) is 13.8 Å². The Balaban J connectivity index is 2.15. The summed E-state index contributed by atoms with van der Waals surface area (Å²) in [7, 11) is -2.10. The van der Waals surface area contributed by atoms with E-state index in [9.17, 15) is 13.2 Å². The van der Waals surface area contributed by atoms with Crippen molar-refractivity contribution >= 4 is 21.4 Å². The smallest absolute Gasteiger partial charge is 0.242 e. The fourth-order valence-corrected chi connectivity index (χ4v) is 3.78. The van der Waals surface area contributed by atoms with E-state index in [2.05, 4.69) is 5.32 Å². The summed E-state index contributed by atoms with van der Waals surface area (Å²) in [4.78, 5) is 12.4. The van der Waals surface area contributed by atoms with Gasteiger partial charge in [0.2, 0.25) is 5.91 Å². The van der Waals surface area contributed by atoms with Gasteiger partial charge in [-0.25, -0.2) is 8.42 Å². The number of sulfone groups is 1. The molecular weight excluding hydrogens is 338 g/mol. The van der Waals surface area contributed by atoms with Gasteiger partial charge in [0, 0.05) is 11.8 Å². The molecule has 5 nitrogen and oxygen atoms in total. The first-order chi connectivity index (χ1) is 11.7. The summed E-state index contributed by atoms with van der Waals surface area (Å²) in [5.74, 6) is -0.130. The van der Waals surface area contributed by atoms with E-state index >= 15 is 0 Å². The molecule has 1 amide bonds. The predicted molar refractivity (Wildman–Crippen MR) is 99.6 cm³/mol. The number of methoxy groups -OCH3 is 1. The fourth-order valence-electron chi connectivity index (χ4n) is 2.41. The summed E-state index contributed by atoms with van der Waals surface area (Å²) >= 11 is 0. The van der Waals surface area contributed by atoms with Crippen molar-refractivity contribution in [3.05, 3.63) is 59.2 Å². The summed E-state index contributed by atoms with van der Waals surface area (Å²) in [6.07, 6.45) is 0. The van der Waals surface area contributed by atoms with Crippen LogP contribution in [0.15, 0.2) is 42.5 Å². The van der Waals surface area contributed by atoms with Crippen LogP contribution in [-0.4, -0.2) is 26.7 Å². The topological polar surface area (TPSA) is 72.5 Å². The number of amides is 1. The molecule has 2 rings (SSSR count). The van der Waals surface area contributed by atoms with Crippen LogP contribution in [-0.2, 0) is 20.4 Å². The molecule has 2 aromatic carbocycles. The number of nitrogens with one attached hydrogen (secondary N) is 1. The van der Waals surface area contributed by atoms with Crippen LogP contribution in [0.2, 0.25) is 0 Å². The number of rotatable bonds is 6. The zero-order valence-corrected chi connectivity index (χ0v) is 15.7. The molecule has 0 unspecified atom stereocenters. The largest absolute Gasteiger partial charge is 0.497 e. The van der Waals surface area contributed by atoms with Gasteiger partial charge in [-0.2, -0.15) is 0 Å². The molecule has 0 aromatic heterocycles. The molecule has 0 saturated heterocycles. The molecule has 0 aliphatic rings. The average molecular weight is 361 g/mol. The molecule has 2 aromatic rings. The van der Waals surface area contributed by atoms with Gasteiger partial charge in [-0.3, -0.25) is 4.79 Å². The molecule has 0 spiro atoms. The third kappa shape index (κ3) is 4.82. The minimum atomic E-state index is -3.63. The maximum atomic E-state index is 12.6. The Labute approximate surface area is 148 Å². The second-order valence-corrected chi connectivity index (χ2v) is 8.42. The summed E-state index contributed by atoms with van der Waals surface area (Å²) < 4.78 is 30.4. The van der Waals surface area contributed by atoms with Crippen molar-refractivity contribution in [1.82, 2.24) is 0 Å². The number of ether oxygens (including phenoxy) is 1. The molecule has 0 aliphatic heterocycles. The molecule has 6 heteroatoms. The molecule has 0 saturated carbocycles. The molecule has 1 atom stereocenters. The van der Waals surface area contributed by atoms with Crippen molar-refractivity contribution in [3.63, 3.8) is 0 Å². The Morgan fingerprint density at radius 2 is 1.88 bits per heavy atom. The van der Waals surface area contributed by atoms with E-state index in [0.29, 0.717) is 11.4 Å². The van der Waals surface area contributed by atoms with Gasteiger partial charge in [0.1, 0.15) is 11.0 Å². The molecule has 0 aliphatic carbocycles. The van der Waals surface area contributed by atoms with Crippen molar-refractivity contribution in [3.8, 4) is 5.75 Å². The molecule has 0 heterocycles. The van der Waals surface area contributed by atoms with Gasteiger partial charge in [-0.05, 0) is 44.0 Å². The summed E-state index contributed by atoms with van der Waals surface area (Å²) in [6.45, 7) is 5.19. The lowest BCUT2D eigenvalue weighted by molar-refractivity contribution is -0.115. The molecule has 25 heavy (non-hydrogen) atoms. The molecule has 134 valence electrons. The molecular formula is C19H23NO4S. The lowest BCUT2D eigenvalue weighted by Gasteiger charge is -2.15. The van der Waals surface area contributed by atoms with Crippen molar-refractivity contribution in [2.24, 2.45) is 0 Å². The van der Waals surface area contributed by atoms with E-state index in [1.165, 1.54) is 14.0 Å². The second-order valence-electron chi connectivity index (χ2n) is 6.10. The van der Waals surface area contributed by atoms with Gasteiger partial charge in [0.15, 0.2) is 9.84 Å². The van der Waals surface area contributed by atoms with E-state index in [1.807, 2.05) is 32.0 Å². The number of carbonyl (C=O) groups excluding carboxylic acids is 1. The normalized spacial score (nSPS) is 12.5. The highest BCUT2D eigenvalue weighted by atomic mass is 32.2. The zero-order chi connectivity index (χ0) is 18.6. The standard InChI is InChI=1S/C19H23NO4S/c1-13-8-9-14(2)16(10-13)12-25(22,23)15(3)19(21)20-17-6-5-7-18(11-17)24-4/h5-11,15H,12H2,1-4H3,(H,20,21)/t15-/m0/s1. The van der Waals surface area contributed by atoms with E-state index in [-0.39, 0.29) is 5.75 Å². The number of anilines is 1. The van der Waals surface area contributed by atoms with Gasteiger partial charge in [-0.1, -0.05) is 29.8 Å². The van der Waals surface area contributed by atoms with Crippen LogP contribution in [0.4, 0.5) is 5.69 Å². The highest BCUT2D eigenvalue weighted by molar-refractivity contribution is 7.92. The Morgan fingerprint density at radius 3 is 2.56 bits per heavy atom. The summed E-state index contributed by atoms with van der Waals surface area (Å²) in [5, 5.41) is 1.48. The molecule has 1 N–H and O–H groups in total. The average Bonchev–Trinajstić information content (AvgIpc) is 2.57. The van der Waals surface area contributed by atoms with Crippen molar-refractivity contribution in [2.45, 2.75) is 31.8 Å². The van der Waals surface area contributed by atoms with Gasteiger partial charge >= 0.3 is 0 Å². The minimum absolute atomic E-state index is 0.160. The first-order valence-electron chi connectivity index (χ1n) is 7.95. The highest BCUT2D eigenvalue weighted by Crippen LogP contribution is 2.20. The van der Waals surface area contributed by atoms with Crippen LogP contribution in [0.5, 0.6) is 5.75 Å². The van der Waals surface area contributed by atoms with Gasteiger partial charge in [0.25, 0.3) is 0 Å². The van der Waals surface area contributed by atoms with E-state index in [4.69, 9.17) is 4.74 Å². The Hall–Kier alpha value is -2.34. The first kappa shape index (κ1) is 19.0. The minimum Gasteiger partial charge on any atom is -0.497 e. The maximum Gasteiger partial charge on any atom is 0.242 e. The lowest BCUT2D eigenvalue weighted by atomic mass is 10.1. The lowest BCUT2D eigenvalue weighted by Crippen LogP contribution is -2.33. The third-order valence-corrected chi connectivity index (χ3v) is 6.11. The van der Waals surface area contributed by atoms with Crippen LogP contribution in [0.1, 0.15) is 23.6 Å². The molecule has 0 fully saturated rings.